The molecule has 9 atom stereocenters. The quantitative estimate of drug-likeness (QED) is 0.246. The minimum absolute atomic E-state index is 0.0317. The van der Waals surface area contributed by atoms with Crippen LogP contribution >= 0.6 is 0 Å². The maximum absolute atomic E-state index is 13.7. The Hall–Kier alpha value is -2.53. The lowest BCUT2D eigenvalue weighted by Gasteiger charge is -2.40. The number of hydrogen-bond acceptors (Lipinski definition) is 7. The number of aliphatic hydroxyl groups excluding tert-OH is 2. The summed E-state index contributed by atoms with van der Waals surface area (Å²) in [6, 6.07) is 6.96. The Morgan fingerprint density at radius 1 is 1.12 bits per heavy atom. The van der Waals surface area contributed by atoms with Crippen molar-refractivity contribution < 1.29 is 29.3 Å². The molecular weight excluding hydrogens is 536 g/mol. The minimum Gasteiger partial charge on any atom is -0.390 e. The third kappa shape index (κ3) is 8.75. The average molecular weight is 591 g/mol. The number of nitrogens with one attached hydrogen (secondary N) is 1. The number of aliphatic hydroxyl groups is 2. The van der Waals surface area contributed by atoms with Gasteiger partial charge in [0.1, 0.15) is 0 Å². The van der Waals surface area contributed by atoms with E-state index in [9.17, 15) is 24.6 Å². The van der Waals surface area contributed by atoms with Crippen molar-refractivity contribution in [1.82, 2.24) is 15.1 Å². The molecule has 1 aromatic rings. The predicted molar refractivity (Wildman–Crippen MR) is 163 cm³/mol. The summed E-state index contributed by atoms with van der Waals surface area (Å²) in [7, 11) is 3.26. The van der Waals surface area contributed by atoms with Crippen molar-refractivity contribution in [3.8, 4) is 0 Å². The van der Waals surface area contributed by atoms with E-state index in [1.807, 2.05) is 45.9 Å². The summed E-state index contributed by atoms with van der Waals surface area (Å²) in [5.41, 5.74) is 6.87. The second kappa shape index (κ2) is 16.4. The Morgan fingerprint density at radius 2 is 1.74 bits per heavy atom. The highest BCUT2D eigenvalue weighted by molar-refractivity contribution is 5.82. The van der Waals surface area contributed by atoms with E-state index in [1.54, 1.807) is 49.9 Å². The normalized spacial score (nSPS) is 21.1. The first-order valence-corrected chi connectivity index (χ1v) is 15.3. The molecule has 1 aliphatic heterocycles. The first kappa shape index (κ1) is 35.7. The number of likely N-dealkylation sites (N-methyl/N-ethyl adjacent to an activating group) is 1. The van der Waals surface area contributed by atoms with E-state index in [2.05, 4.69) is 5.32 Å². The van der Waals surface area contributed by atoms with E-state index >= 15 is 0 Å². The van der Waals surface area contributed by atoms with Crippen molar-refractivity contribution in [3.05, 3.63) is 35.9 Å². The van der Waals surface area contributed by atoms with Crippen molar-refractivity contribution in [2.24, 2.45) is 23.5 Å². The van der Waals surface area contributed by atoms with Gasteiger partial charge in [0, 0.05) is 20.7 Å². The summed E-state index contributed by atoms with van der Waals surface area (Å²) in [4.78, 5) is 43.2. The van der Waals surface area contributed by atoms with Crippen molar-refractivity contribution in [2.75, 3.05) is 20.7 Å². The second-order valence-corrected chi connectivity index (χ2v) is 12.3. The highest BCUT2D eigenvalue weighted by Crippen LogP contribution is 2.28. The molecule has 2 rings (SSSR count). The zero-order chi connectivity index (χ0) is 31.7. The molecule has 3 amide bonds. The van der Waals surface area contributed by atoms with Crippen LogP contribution < -0.4 is 11.1 Å². The molecule has 10 heteroatoms. The van der Waals surface area contributed by atoms with Crippen molar-refractivity contribution in [2.45, 2.75) is 110 Å². The van der Waals surface area contributed by atoms with Crippen LogP contribution in [0.3, 0.4) is 0 Å². The lowest BCUT2D eigenvalue weighted by molar-refractivity contribution is -0.146. The lowest BCUT2D eigenvalue weighted by atomic mass is 9.89. The number of carbonyl (C=O) groups is 3. The zero-order valence-corrected chi connectivity index (χ0v) is 26.7. The summed E-state index contributed by atoms with van der Waals surface area (Å²) in [6.07, 6.45) is -0.460. The molecule has 1 aliphatic rings. The van der Waals surface area contributed by atoms with Crippen molar-refractivity contribution in [1.29, 1.82) is 0 Å². The molecule has 1 saturated heterocycles. The van der Waals surface area contributed by atoms with Crippen molar-refractivity contribution >= 4 is 17.7 Å². The zero-order valence-electron chi connectivity index (χ0n) is 26.7. The molecule has 0 bridgehead atoms. The van der Waals surface area contributed by atoms with Gasteiger partial charge >= 0.3 is 0 Å². The van der Waals surface area contributed by atoms with Gasteiger partial charge in [0.2, 0.25) is 17.7 Å². The Balaban J connectivity index is 2.12. The molecule has 0 radical (unpaired) electrons. The summed E-state index contributed by atoms with van der Waals surface area (Å²) in [6.45, 7) is 11.7. The molecule has 0 aromatic heterocycles. The fraction of sp³-hybridized carbons (Fsp3) is 0.719. The summed E-state index contributed by atoms with van der Waals surface area (Å²) >= 11 is 0. The van der Waals surface area contributed by atoms with Crippen LogP contribution in [-0.4, -0.2) is 94.8 Å². The summed E-state index contributed by atoms with van der Waals surface area (Å²) in [5.74, 6) is -1.56. The maximum Gasteiger partial charge on any atom is 0.239 e. The number of hydrogen-bond donors (Lipinski definition) is 4. The van der Waals surface area contributed by atoms with Gasteiger partial charge in [-0.3, -0.25) is 14.4 Å². The van der Waals surface area contributed by atoms with E-state index in [0.29, 0.717) is 24.9 Å². The molecular formula is C32H54N4O6. The average Bonchev–Trinajstić information content (AvgIpc) is 3.48. The topological polar surface area (TPSA) is 145 Å². The number of methoxy groups -OCH3 is 1. The van der Waals surface area contributed by atoms with Gasteiger partial charge in [-0.2, -0.15) is 0 Å². The van der Waals surface area contributed by atoms with Crippen LogP contribution in [0.2, 0.25) is 0 Å². The van der Waals surface area contributed by atoms with Crippen LogP contribution in [0, 0.1) is 17.8 Å². The van der Waals surface area contributed by atoms with Gasteiger partial charge in [-0.25, -0.2) is 0 Å². The van der Waals surface area contributed by atoms with Gasteiger partial charge in [-0.05, 0) is 37.2 Å². The van der Waals surface area contributed by atoms with E-state index in [1.165, 1.54) is 0 Å². The van der Waals surface area contributed by atoms with Gasteiger partial charge in [0.15, 0.2) is 0 Å². The lowest BCUT2D eigenvalue weighted by Crippen LogP contribution is -2.56. The van der Waals surface area contributed by atoms with Gasteiger partial charge in [-0.1, -0.05) is 71.4 Å². The molecule has 1 heterocycles. The number of likely N-dealkylation sites (tertiary alicyclic amines) is 1. The molecule has 1 fully saturated rings. The molecule has 0 unspecified atom stereocenters. The number of ether oxygens (including phenoxy) is 1. The Kier molecular flexibility index (Phi) is 13.9. The number of amides is 3. The van der Waals surface area contributed by atoms with E-state index < -0.39 is 48.3 Å². The molecule has 5 N–H and O–H groups in total. The minimum atomic E-state index is -1.09. The predicted octanol–water partition coefficient (Wildman–Crippen LogP) is 2.47. The van der Waals surface area contributed by atoms with E-state index in [4.69, 9.17) is 10.5 Å². The first-order chi connectivity index (χ1) is 19.8. The molecule has 1 aromatic carbocycles. The van der Waals surface area contributed by atoms with E-state index in [-0.39, 0.29) is 36.1 Å². The van der Waals surface area contributed by atoms with Gasteiger partial charge < -0.3 is 35.8 Å². The Bertz CT molecular complexity index is 1010. The number of nitrogens with two attached hydrogens (primary N) is 1. The summed E-state index contributed by atoms with van der Waals surface area (Å²) in [5, 5.41) is 24.7. The van der Waals surface area contributed by atoms with Crippen LogP contribution in [0.4, 0.5) is 0 Å². The van der Waals surface area contributed by atoms with Crippen LogP contribution in [0.15, 0.2) is 30.3 Å². The SMILES string of the molecule is CC[C@H](C)[C@@H]([C@@H](CC(=O)N1CCC[C@H]1[C@H](O)[C@@H](C)C(=O)N[C@H](C)[C@@H](O)c1ccccc1)OC)N(C)C(=O)[C@@H](N)C(C)C. The molecule has 0 spiro atoms. The number of nitrogens with zero attached hydrogens (tertiary/aromatic N) is 2. The van der Waals surface area contributed by atoms with Crippen LogP contribution in [0.25, 0.3) is 0 Å². The van der Waals surface area contributed by atoms with Gasteiger partial charge in [0.25, 0.3) is 0 Å². The number of benzene rings is 1. The standard InChI is InChI=1S/C32H54N4O6/c1-9-20(4)28(35(7)32(41)27(33)19(2)3)25(42-8)18-26(37)36-17-13-16-24(36)29(38)21(5)31(40)34-22(6)30(39)23-14-11-10-12-15-23/h10-12,14-15,19-22,24-25,27-30,38-39H,9,13,16-18,33H2,1-8H3,(H,34,40)/t20-,21+,22+,24-,25+,27-,28-,29+,30+/m0/s1. The smallest absolute Gasteiger partial charge is 0.239 e. The summed E-state index contributed by atoms with van der Waals surface area (Å²) < 4.78 is 5.83. The molecule has 42 heavy (non-hydrogen) atoms. The Morgan fingerprint density at radius 3 is 2.29 bits per heavy atom. The molecule has 0 aliphatic carbocycles. The van der Waals surface area contributed by atoms with Crippen molar-refractivity contribution in [3.63, 3.8) is 0 Å². The van der Waals surface area contributed by atoms with E-state index in [0.717, 1.165) is 6.42 Å². The number of rotatable bonds is 15. The first-order valence-electron chi connectivity index (χ1n) is 15.3. The van der Waals surface area contributed by atoms with Gasteiger partial charge in [-0.15, -0.1) is 0 Å². The van der Waals surface area contributed by atoms with Gasteiger partial charge in [0.05, 0.1) is 54.8 Å². The van der Waals surface area contributed by atoms with Crippen LogP contribution in [-0.2, 0) is 19.1 Å². The molecule has 0 saturated carbocycles. The Labute approximate surface area is 252 Å². The second-order valence-electron chi connectivity index (χ2n) is 12.3. The largest absolute Gasteiger partial charge is 0.390 e. The molecule has 238 valence electrons. The van der Waals surface area contributed by atoms with Crippen LogP contribution in [0.1, 0.15) is 78.9 Å². The monoisotopic (exact) mass is 590 g/mol. The highest BCUT2D eigenvalue weighted by atomic mass is 16.5. The highest BCUT2D eigenvalue weighted by Gasteiger charge is 2.41. The van der Waals surface area contributed by atoms with Crippen LogP contribution in [0.5, 0.6) is 0 Å². The third-order valence-corrected chi connectivity index (χ3v) is 9.01. The third-order valence-electron chi connectivity index (χ3n) is 9.01. The fourth-order valence-corrected chi connectivity index (χ4v) is 5.86. The fourth-order valence-electron chi connectivity index (χ4n) is 5.86. The maximum atomic E-state index is 13.7. The molecule has 10 nitrogen and oxygen atoms in total. The number of carbonyl (C=O) groups excluding carboxylic acids is 3.